The molecular weight excluding hydrogens is 376 g/mol. The van der Waals surface area contributed by atoms with Crippen LogP contribution in [0.4, 0.5) is 5.69 Å². The smallest absolute Gasteiger partial charge is 0.267 e. The number of fused-ring (bicyclic) bond motifs is 1. The van der Waals surface area contributed by atoms with Gasteiger partial charge in [-0.05, 0) is 51.0 Å². The SMILES string of the molecule is Cc1cc(C)n(-c2ccc(=O)n(C3CCN(c4ccnc5ccccc45)CC3)n2)n1. The van der Waals surface area contributed by atoms with E-state index in [4.69, 9.17) is 0 Å². The van der Waals surface area contributed by atoms with E-state index in [-0.39, 0.29) is 11.6 Å². The number of benzene rings is 1. The molecule has 0 unspecified atom stereocenters. The number of pyridine rings is 1. The number of piperidine rings is 1. The van der Waals surface area contributed by atoms with Crippen molar-refractivity contribution >= 4 is 16.6 Å². The number of hydrogen-bond acceptors (Lipinski definition) is 5. The lowest BCUT2D eigenvalue weighted by atomic mass is 10.0. The van der Waals surface area contributed by atoms with Gasteiger partial charge in [0.25, 0.3) is 5.56 Å². The van der Waals surface area contributed by atoms with E-state index in [1.54, 1.807) is 21.5 Å². The number of nitrogens with zero attached hydrogens (tertiary/aromatic N) is 6. The second kappa shape index (κ2) is 7.40. The second-order valence-corrected chi connectivity index (χ2v) is 7.88. The first-order chi connectivity index (χ1) is 14.6. The van der Waals surface area contributed by atoms with E-state index in [0.29, 0.717) is 5.82 Å². The van der Waals surface area contributed by atoms with Crippen molar-refractivity contribution < 1.29 is 0 Å². The number of rotatable bonds is 3. The predicted octanol–water partition coefficient (Wildman–Crippen LogP) is 3.44. The first kappa shape index (κ1) is 18.5. The first-order valence-corrected chi connectivity index (χ1v) is 10.3. The molecule has 0 amide bonds. The highest BCUT2D eigenvalue weighted by Crippen LogP contribution is 2.30. The molecule has 0 N–H and O–H groups in total. The van der Waals surface area contributed by atoms with Gasteiger partial charge in [-0.15, -0.1) is 5.10 Å². The van der Waals surface area contributed by atoms with Crippen LogP contribution in [-0.2, 0) is 0 Å². The summed E-state index contributed by atoms with van der Waals surface area (Å²) in [5.74, 6) is 0.683. The summed E-state index contributed by atoms with van der Waals surface area (Å²) in [6.07, 6.45) is 3.60. The Bertz CT molecular complexity index is 1260. The Morgan fingerprint density at radius 3 is 2.53 bits per heavy atom. The monoisotopic (exact) mass is 400 g/mol. The number of hydrogen-bond donors (Lipinski definition) is 0. The molecule has 7 heteroatoms. The summed E-state index contributed by atoms with van der Waals surface area (Å²) in [5, 5.41) is 10.3. The zero-order chi connectivity index (χ0) is 20.7. The van der Waals surface area contributed by atoms with E-state index < -0.39 is 0 Å². The summed E-state index contributed by atoms with van der Waals surface area (Å²) in [7, 11) is 0. The molecule has 5 rings (SSSR count). The summed E-state index contributed by atoms with van der Waals surface area (Å²) < 4.78 is 3.44. The largest absolute Gasteiger partial charge is 0.371 e. The lowest BCUT2D eigenvalue weighted by Gasteiger charge is -2.34. The molecule has 4 heterocycles. The maximum atomic E-state index is 12.6. The van der Waals surface area contributed by atoms with Gasteiger partial charge in [0, 0.05) is 42.1 Å². The van der Waals surface area contributed by atoms with Crippen molar-refractivity contribution in [3.8, 4) is 5.82 Å². The molecule has 1 fully saturated rings. The van der Waals surface area contributed by atoms with Crippen LogP contribution in [0.3, 0.4) is 0 Å². The lowest BCUT2D eigenvalue weighted by Crippen LogP contribution is -2.38. The minimum Gasteiger partial charge on any atom is -0.371 e. The van der Waals surface area contributed by atoms with Gasteiger partial charge in [-0.3, -0.25) is 9.78 Å². The van der Waals surface area contributed by atoms with Gasteiger partial charge < -0.3 is 4.90 Å². The maximum Gasteiger partial charge on any atom is 0.267 e. The van der Waals surface area contributed by atoms with E-state index in [1.807, 2.05) is 44.3 Å². The molecule has 1 aliphatic heterocycles. The predicted molar refractivity (Wildman–Crippen MR) is 117 cm³/mol. The summed E-state index contributed by atoms with van der Waals surface area (Å²) in [5.41, 5.74) is 4.09. The highest BCUT2D eigenvalue weighted by Gasteiger charge is 2.24. The number of aromatic nitrogens is 5. The fourth-order valence-corrected chi connectivity index (χ4v) is 4.36. The summed E-state index contributed by atoms with van der Waals surface area (Å²) in [4.78, 5) is 19.4. The second-order valence-electron chi connectivity index (χ2n) is 7.88. The number of aryl methyl sites for hydroxylation is 2. The molecule has 1 aromatic carbocycles. The molecule has 0 aliphatic carbocycles. The van der Waals surface area contributed by atoms with Crippen molar-refractivity contribution in [3.63, 3.8) is 0 Å². The van der Waals surface area contributed by atoms with Gasteiger partial charge in [0.1, 0.15) is 0 Å². The van der Waals surface area contributed by atoms with E-state index in [2.05, 4.69) is 32.2 Å². The van der Waals surface area contributed by atoms with E-state index in [0.717, 1.165) is 42.8 Å². The first-order valence-electron chi connectivity index (χ1n) is 10.3. The van der Waals surface area contributed by atoms with Crippen LogP contribution in [0.2, 0.25) is 0 Å². The summed E-state index contributed by atoms with van der Waals surface area (Å²) in [6.45, 7) is 5.69. The van der Waals surface area contributed by atoms with Gasteiger partial charge in [-0.1, -0.05) is 18.2 Å². The Labute approximate surface area is 174 Å². The standard InChI is InChI=1S/C23H24N6O/c1-16-15-17(2)28(25-16)22-7-8-23(30)29(26-22)18-10-13-27(14-11-18)21-9-12-24-20-6-4-3-5-19(20)21/h3-9,12,15,18H,10-11,13-14H2,1-2H3. The summed E-state index contributed by atoms with van der Waals surface area (Å²) in [6, 6.07) is 15.7. The zero-order valence-electron chi connectivity index (χ0n) is 17.2. The molecule has 3 aromatic heterocycles. The topological polar surface area (TPSA) is 68.8 Å². The Hall–Kier alpha value is -3.48. The van der Waals surface area contributed by atoms with Gasteiger partial charge >= 0.3 is 0 Å². The third-order valence-electron chi connectivity index (χ3n) is 5.81. The molecule has 1 aliphatic rings. The van der Waals surface area contributed by atoms with Crippen LogP contribution in [0.5, 0.6) is 0 Å². The van der Waals surface area contributed by atoms with Crippen LogP contribution in [-0.4, -0.2) is 37.6 Å². The highest BCUT2D eigenvalue weighted by atomic mass is 16.1. The van der Waals surface area contributed by atoms with Crippen LogP contribution >= 0.6 is 0 Å². The van der Waals surface area contributed by atoms with E-state index >= 15 is 0 Å². The van der Waals surface area contributed by atoms with Gasteiger partial charge in [0.15, 0.2) is 5.82 Å². The average molecular weight is 400 g/mol. The Morgan fingerprint density at radius 1 is 0.967 bits per heavy atom. The van der Waals surface area contributed by atoms with Crippen molar-refractivity contribution in [2.24, 2.45) is 0 Å². The Balaban J connectivity index is 1.40. The maximum absolute atomic E-state index is 12.6. The molecule has 0 saturated carbocycles. The minimum absolute atomic E-state index is 0.0620. The van der Waals surface area contributed by atoms with Crippen molar-refractivity contribution in [2.75, 3.05) is 18.0 Å². The van der Waals surface area contributed by atoms with Gasteiger partial charge in [-0.25, -0.2) is 9.36 Å². The fourth-order valence-electron chi connectivity index (χ4n) is 4.36. The number of anilines is 1. The van der Waals surface area contributed by atoms with E-state index in [1.165, 1.54) is 11.1 Å². The lowest BCUT2D eigenvalue weighted by molar-refractivity contribution is 0.352. The molecule has 0 atom stereocenters. The van der Waals surface area contributed by atoms with Crippen molar-refractivity contribution in [3.05, 3.63) is 76.5 Å². The van der Waals surface area contributed by atoms with Crippen LogP contribution in [0.1, 0.15) is 30.3 Å². The van der Waals surface area contributed by atoms with Gasteiger partial charge in [0.05, 0.1) is 17.3 Å². The molecule has 0 bridgehead atoms. The Morgan fingerprint density at radius 2 is 1.77 bits per heavy atom. The third-order valence-corrected chi connectivity index (χ3v) is 5.81. The minimum atomic E-state index is -0.0620. The molecule has 1 saturated heterocycles. The molecule has 0 radical (unpaired) electrons. The number of para-hydroxylation sites is 1. The summed E-state index contributed by atoms with van der Waals surface area (Å²) >= 11 is 0. The van der Waals surface area contributed by atoms with Crippen molar-refractivity contribution in [1.29, 1.82) is 0 Å². The quantitative estimate of drug-likeness (QED) is 0.527. The van der Waals surface area contributed by atoms with Crippen molar-refractivity contribution in [2.45, 2.75) is 32.7 Å². The average Bonchev–Trinajstić information content (AvgIpc) is 3.12. The van der Waals surface area contributed by atoms with Gasteiger partial charge in [0.2, 0.25) is 0 Å². The molecule has 152 valence electrons. The fraction of sp³-hybridized carbons (Fsp3) is 0.304. The molecule has 30 heavy (non-hydrogen) atoms. The third kappa shape index (κ3) is 3.26. The van der Waals surface area contributed by atoms with E-state index in [9.17, 15) is 4.79 Å². The molecule has 4 aromatic rings. The normalized spacial score (nSPS) is 15.1. The zero-order valence-corrected chi connectivity index (χ0v) is 17.2. The van der Waals surface area contributed by atoms with Gasteiger partial charge in [-0.2, -0.15) is 5.10 Å². The van der Waals surface area contributed by atoms with Crippen LogP contribution in [0.15, 0.2) is 59.5 Å². The van der Waals surface area contributed by atoms with Crippen LogP contribution in [0.25, 0.3) is 16.7 Å². The molecule has 7 nitrogen and oxygen atoms in total. The highest BCUT2D eigenvalue weighted by molar-refractivity contribution is 5.91. The Kier molecular flexibility index (Phi) is 4.58. The van der Waals surface area contributed by atoms with Crippen LogP contribution in [0, 0.1) is 13.8 Å². The molecular formula is C23H24N6O. The van der Waals surface area contributed by atoms with Crippen molar-refractivity contribution in [1.82, 2.24) is 24.5 Å². The van der Waals surface area contributed by atoms with Crippen LogP contribution < -0.4 is 10.5 Å². The molecule has 0 spiro atoms.